The van der Waals surface area contributed by atoms with Crippen molar-refractivity contribution in [3.05, 3.63) is 36.5 Å². The molecule has 1 aromatic rings. The maximum absolute atomic E-state index is 11.8. The number of rotatable bonds is 5. The lowest BCUT2D eigenvalue weighted by molar-refractivity contribution is 0.0957. The molecule has 1 unspecified atom stereocenters. The predicted molar refractivity (Wildman–Crippen MR) is 86.4 cm³/mol. The highest BCUT2D eigenvalue weighted by Gasteiger charge is 2.27. The molecule has 114 valence electrons. The molecule has 0 aromatic carbocycles. The molecule has 1 amide bonds. The van der Waals surface area contributed by atoms with Crippen LogP contribution in [0.1, 0.15) is 49.9 Å². The van der Waals surface area contributed by atoms with Crippen molar-refractivity contribution in [3.8, 4) is 0 Å². The molecular weight excluding hydrogens is 262 g/mol. The Hall–Kier alpha value is -1.84. The summed E-state index contributed by atoms with van der Waals surface area (Å²) in [6.45, 7) is 8.69. The minimum Gasteiger partial charge on any atom is -0.367 e. The predicted octanol–water partition coefficient (Wildman–Crippen LogP) is 3.38. The van der Waals surface area contributed by atoms with Gasteiger partial charge in [-0.15, -0.1) is 6.58 Å². The minimum atomic E-state index is -0.118. The summed E-state index contributed by atoms with van der Waals surface area (Å²) in [4.78, 5) is 16.1. The molecule has 1 heterocycles. The third kappa shape index (κ3) is 4.59. The number of nitrogens with zero attached hydrogens (tertiary/aromatic N) is 1. The zero-order valence-corrected chi connectivity index (χ0v) is 13.0. The van der Waals surface area contributed by atoms with Crippen LogP contribution in [0.15, 0.2) is 31.0 Å². The Morgan fingerprint density at radius 2 is 2.33 bits per heavy atom. The van der Waals surface area contributed by atoms with Crippen molar-refractivity contribution in [1.29, 1.82) is 0 Å². The fraction of sp³-hybridized carbons (Fsp3) is 0.529. The molecule has 0 bridgehead atoms. The number of hydrogen-bond acceptors (Lipinski definition) is 3. The molecule has 0 aliphatic heterocycles. The number of carbonyl (C=O) groups excluding carboxylic acids is 1. The number of carbonyl (C=O) groups is 1. The standard InChI is InChI=1S/C17H25N3O/c1-4-10-18-16(21)13-7-8-15(19-12-13)20-14-6-5-9-17(2,3)11-14/h4,7-8,12,14H,1,5-6,9-11H2,2-3H3,(H,18,21)(H,19,20). The quantitative estimate of drug-likeness (QED) is 0.816. The van der Waals surface area contributed by atoms with E-state index in [0.29, 0.717) is 23.6 Å². The molecular formula is C17H25N3O. The average molecular weight is 287 g/mol. The minimum absolute atomic E-state index is 0.118. The molecule has 1 aliphatic carbocycles. The van der Waals surface area contributed by atoms with Gasteiger partial charge in [0.15, 0.2) is 0 Å². The number of pyridine rings is 1. The third-order valence-corrected chi connectivity index (χ3v) is 3.99. The van der Waals surface area contributed by atoms with Crippen molar-refractivity contribution in [2.75, 3.05) is 11.9 Å². The molecule has 0 spiro atoms. The normalized spacial score (nSPS) is 20.6. The van der Waals surface area contributed by atoms with Gasteiger partial charge in [0.2, 0.25) is 0 Å². The van der Waals surface area contributed by atoms with E-state index < -0.39 is 0 Å². The molecule has 21 heavy (non-hydrogen) atoms. The molecule has 0 saturated heterocycles. The highest BCUT2D eigenvalue weighted by Crippen LogP contribution is 2.36. The van der Waals surface area contributed by atoms with Gasteiger partial charge >= 0.3 is 0 Å². The van der Waals surface area contributed by atoms with E-state index in [9.17, 15) is 4.79 Å². The van der Waals surface area contributed by atoms with Gasteiger partial charge in [0.05, 0.1) is 5.56 Å². The second kappa shape index (κ2) is 6.74. The first-order chi connectivity index (χ1) is 10.00. The number of amides is 1. The Morgan fingerprint density at radius 3 is 2.95 bits per heavy atom. The first kappa shape index (κ1) is 15.5. The lowest BCUT2D eigenvalue weighted by atomic mass is 9.75. The van der Waals surface area contributed by atoms with Crippen LogP contribution in [0.25, 0.3) is 0 Å². The van der Waals surface area contributed by atoms with Gasteiger partial charge in [0, 0.05) is 18.8 Å². The Balaban J connectivity index is 1.93. The average Bonchev–Trinajstić information content (AvgIpc) is 2.44. The van der Waals surface area contributed by atoms with Crippen LogP contribution in [0.5, 0.6) is 0 Å². The summed E-state index contributed by atoms with van der Waals surface area (Å²) in [5.41, 5.74) is 0.979. The third-order valence-electron chi connectivity index (χ3n) is 3.99. The summed E-state index contributed by atoms with van der Waals surface area (Å²) in [7, 11) is 0. The van der Waals surface area contributed by atoms with E-state index in [4.69, 9.17) is 0 Å². The van der Waals surface area contributed by atoms with Gasteiger partial charge in [0.25, 0.3) is 5.91 Å². The molecule has 1 saturated carbocycles. The maximum atomic E-state index is 11.8. The maximum Gasteiger partial charge on any atom is 0.253 e. The molecule has 4 nitrogen and oxygen atoms in total. The van der Waals surface area contributed by atoms with Gasteiger partial charge in [-0.3, -0.25) is 4.79 Å². The zero-order chi connectivity index (χ0) is 15.3. The lowest BCUT2D eigenvalue weighted by Gasteiger charge is -2.35. The Labute approximate surface area is 127 Å². The van der Waals surface area contributed by atoms with Crippen molar-refractivity contribution in [2.45, 2.75) is 45.6 Å². The molecule has 2 rings (SSSR count). The van der Waals surface area contributed by atoms with E-state index in [-0.39, 0.29) is 5.91 Å². The van der Waals surface area contributed by atoms with Crippen molar-refractivity contribution < 1.29 is 4.79 Å². The Kier molecular flexibility index (Phi) is 4.99. The van der Waals surface area contributed by atoms with Gasteiger partial charge in [-0.2, -0.15) is 0 Å². The van der Waals surface area contributed by atoms with E-state index in [1.54, 1.807) is 12.3 Å². The summed E-state index contributed by atoms with van der Waals surface area (Å²) >= 11 is 0. The van der Waals surface area contributed by atoms with Crippen molar-refractivity contribution in [2.24, 2.45) is 5.41 Å². The van der Waals surface area contributed by atoms with Gasteiger partial charge in [-0.1, -0.05) is 26.3 Å². The number of nitrogens with one attached hydrogen (secondary N) is 2. The lowest BCUT2D eigenvalue weighted by Crippen LogP contribution is -2.32. The molecule has 1 aliphatic rings. The van der Waals surface area contributed by atoms with Crippen LogP contribution in [0.2, 0.25) is 0 Å². The summed E-state index contributed by atoms with van der Waals surface area (Å²) < 4.78 is 0. The Bertz CT molecular complexity index is 493. The summed E-state index contributed by atoms with van der Waals surface area (Å²) in [5, 5.41) is 6.23. The van der Waals surface area contributed by atoms with Crippen molar-refractivity contribution >= 4 is 11.7 Å². The van der Waals surface area contributed by atoms with Crippen LogP contribution in [0.4, 0.5) is 5.82 Å². The highest BCUT2D eigenvalue weighted by molar-refractivity contribution is 5.94. The monoisotopic (exact) mass is 287 g/mol. The van der Waals surface area contributed by atoms with Crippen LogP contribution in [0, 0.1) is 5.41 Å². The molecule has 1 fully saturated rings. The molecule has 4 heteroatoms. The van der Waals surface area contributed by atoms with E-state index in [1.807, 2.05) is 12.1 Å². The molecule has 2 N–H and O–H groups in total. The van der Waals surface area contributed by atoms with Crippen LogP contribution in [0.3, 0.4) is 0 Å². The number of hydrogen-bond donors (Lipinski definition) is 2. The smallest absolute Gasteiger partial charge is 0.253 e. The van der Waals surface area contributed by atoms with Gasteiger partial charge in [-0.25, -0.2) is 4.98 Å². The van der Waals surface area contributed by atoms with Gasteiger partial charge in [0.1, 0.15) is 5.82 Å². The molecule has 1 atom stereocenters. The molecule has 0 radical (unpaired) electrons. The zero-order valence-electron chi connectivity index (χ0n) is 13.0. The van der Waals surface area contributed by atoms with Crippen LogP contribution < -0.4 is 10.6 Å². The Morgan fingerprint density at radius 1 is 1.52 bits per heavy atom. The summed E-state index contributed by atoms with van der Waals surface area (Å²) in [6, 6.07) is 4.16. The SMILES string of the molecule is C=CCNC(=O)c1ccc(NC2CCCC(C)(C)C2)nc1. The number of aromatic nitrogens is 1. The first-order valence-corrected chi connectivity index (χ1v) is 7.62. The van der Waals surface area contributed by atoms with Crippen LogP contribution >= 0.6 is 0 Å². The van der Waals surface area contributed by atoms with Gasteiger partial charge in [-0.05, 0) is 36.8 Å². The first-order valence-electron chi connectivity index (χ1n) is 7.62. The van der Waals surface area contributed by atoms with Gasteiger partial charge < -0.3 is 10.6 Å². The van der Waals surface area contributed by atoms with E-state index >= 15 is 0 Å². The van der Waals surface area contributed by atoms with Crippen molar-refractivity contribution in [1.82, 2.24) is 10.3 Å². The second-order valence-electron chi connectivity index (χ2n) is 6.53. The summed E-state index contributed by atoms with van der Waals surface area (Å²) in [5.74, 6) is 0.728. The van der Waals surface area contributed by atoms with Crippen LogP contribution in [-0.4, -0.2) is 23.5 Å². The van der Waals surface area contributed by atoms with E-state index in [0.717, 1.165) is 12.2 Å². The largest absolute Gasteiger partial charge is 0.367 e. The molecule has 1 aromatic heterocycles. The van der Waals surface area contributed by atoms with Crippen LogP contribution in [-0.2, 0) is 0 Å². The second-order valence-corrected chi connectivity index (χ2v) is 6.53. The summed E-state index contributed by atoms with van der Waals surface area (Å²) in [6.07, 6.45) is 8.18. The van der Waals surface area contributed by atoms with Crippen molar-refractivity contribution in [3.63, 3.8) is 0 Å². The number of anilines is 1. The fourth-order valence-electron chi connectivity index (χ4n) is 2.91. The van der Waals surface area contributed by atoms with E-state index in [2.05, 4.69) is 36.0 Å². The highest BCUT2D eigenvalue weighted by atomic mass is 16.1. The fourth-order valence-corrected chi connectivity index (χ4v) is 2.91. The van der Waals surface area contributed by atoms with E-state index in [1.165, 1.54) is 19.3 Å². The topological polar surface area (TPSA) is 54.0 Å².